The quantitative estimate of drug-likeness (QED) is 0.569. The Kier molecular flexibility index (Phi) is 4.37. The second kappa shape index (κ2) is 5.60. The molecule has 1 rings (SSSR count). The first-order valence-corrected chi connectivity index (χ1v) is 5.79. The monoisotopic (exact) mass is 262 g/mol. The predicted octanol–water partition coefficient (Wildman–Crippen LogP) is 1.58. The maximum Gasteiger partial charge on any atom is 0.269 e. The van der Waals surface area contributed by atoms with Crippen molar-refractivity contribution in [3.8, 4) is 0 Å². The summed E-state index contributed by atoms with van der Waals surface area (Å²) >= 11 is 0. The maximum absolute atomic E-state index is 11.6. The Labute approximate surface area is 112 Å². The summed E-state index contributed by atoms with van der Waals surface area (Å²) < 4.78 is 5.44. The number of amides is 1. The minimum Gasteiger partial charge on any atom is -0.472 e. The summed E-state index contributed by atoms with van der Waals surface area (Å²) in [4.78, 5) is 15.6. The fourth-order valence-corrected chi connectivity index (χ4v) is 1.37. The van der Waals surface area contributed by atoms with Gasteiger partial charge in [0, 0.05) is 18.8 Å². The van der Waals surface area contributed by atoms with Crippen LogP contribution in [0.25, 0.3) is 0 Å². The van der Waals surface area contributed by atoms with Gasteiger partial charge in [-0.15, -0.1) is 0 Å². The van der Waals surface area contributed by atoms with Crippen molar-refractivity contribution < 1.29 is 9.53 Å². The van der Waals surface area contributed by atoms with Gasteiger partial charge in [0.25, 0.3) is 5.91 Å². The van der Waals surface area contributed by atoms with Crippen molar-refractivity contribution in [2.75, 3.05) is 7.05 Å². The molecule has 1 amide bonds. The number of hydrogen-bond acceptors (Lipinski definition) is 5. The van der Waals surface area contributed by atoms with E-state index in [9.17, 15) is 4.79 Å². The van der Waals surface area contributed by atoms with E-state index in [-0.39, 0.29) is 17.5 Å². The van der Waals surface area contributed by atoms with Crippen molar-refractivity contribution in [2.24, 2.45) is 0 Å². The molecule has 0 atom stereocenters. The molecule has 0 saturated carbocycles. The van der Waals surface area contributed by atoms with Crippen molar-refractivity contribution in [3.63, 3.8) is 0 Å². The van der Waals surface area contributed by atoms with E-state index >= 15 is 0 Å². The molecule has 6 heteroatoms. The SMILES string of the molecule is CNC(=O)c1cc(C(=N)OC(C)(C)C)cc(C=N)n1. The molecule has 0 unspecified atom stereocenters. The van der Waals surface area contributed by atoms with E-state index in [1.807, 2.05) is 20.8 Å². The lowest BCUT2D eigenvalue weighted by Gasteiger charge is -2.21. The van der Waals surface area contributed by atoms with Crippen molar-refractivity contribution in [1.29, 1.82) is 10.8 Å². The number of hydrogen-bond donors (Lipinski definition) is 3. The molecule has 0 radical (unpaired) electrons. The summed E-state index contributed by atoms with van der Waals surface area (Å²) in [6, 6.07) is 3.01. The minimum absolute atomic E-state index is 0.0526. The molecule has 3 N–H and O–H groups in total. The third-order valence-electron chi connectivity index (χ3n) is 2.12. The maximum atomic E-state index is 11.6. The van der Waals surface area contributed by atoms with Gasteiger partial charge >= 0.3 is 0 Å². The average molecular weight is 262 g/mol. The van der Waals surface area contributed by atoms with Gasteiger partial charge in [-0.2, -0.15) is 0 Å². The van der Waals surface area contributed by atoms with Crippen LogP contribution in [0.4, 0.5) is 0 Å². The first-order chi connectivity index (χ1) is 8.76. The number of rotatable bonds is 3. The van der Waals surface area contributed by atoms with Gasteiger partial charge in [0.2, 0.25) is 5.90 Å². The van der Waals surface area contributed by atoms with Gasteiger partial charge in [-0.25, -0.2) is 4.98 Å². The molecule has 1 aromatic rings. The lowest BCUT2D eigenvalue weighted by atomic mass is 10.1. The smallest absolute Gasteiger partial charge is 0.269 e. The van der Waals surface area contributed by atoms with E-state index < -0.39 is 5.60 Å². The first kappa shape index (κ1) is 14.8. The fraction of sp³-hybridized carbons (Fsp3) is 0.385. The molecule has 0 aliphatic heterocycles. The van der Waals surface area contributed by atoms with E-state index in [1.165, 1.54) is 19.2 Å². The van der Waals surface area contributed by atoms with Crippen LogP contribution in [-0.2, 0) is 4.74 Å². The van der Waals surface area contributed by atoms with E-state index in [1.54, 1.807) is 0 Å². The van der Waals surface area contributed by atoms with E-state index in [4.69, 9.17) is 15.6 Å². The highest BCUT2D eigenvalue weighted by Gasteiger charge is 2.17. The number of pyridine rings is 1. The van der Waals surface area contributed by atoms with E-state index in [2.05, 4.69) is 10.3 Å². The molecule has 0 fully saturated rings. The molecular weight excluding hydrogens is 244 g/mol. The highest BCUT2D eigenvalue weighted by atomic mass is 16.5. The van der Waals surface area contributed by atoms with Crippen LogP contribution >= 0.6 is 0 Å². The predicted molar refractivity (Wildman–Crippen MR) is 73.2 cm³/mol. The van der Waals surface area contributed by atoms with Gasteiger partial charge in [0.1, 0.15) is 11.3 Å². The van der Waals surface area contributed by atoms with Gasteiger partial charge in [0.15, 0.2) is 0 Å². The highest BCUT2D eigenvalue weighted by Crippen LogP contribution is 2.13. The number of nitrogens with one attached hydrogen (secondary N) is 3. The van der Waals surface area contributed by atoms with Crippen LogP contribution in [0.15, 0.2) is 12.1 Å². The molecule has 0 saturated heterocycles. The summed E-state index contributed by atoms with van der Waals surface area (Å²) in [6.07, 6.45) is 1.03. The third kappa shape index (κ3) is 4.17. The molecule has 0 aliphatic carbocycles. The van der Waals surface area contributed by atoms with Crippen LogP contribution in [0, 0.1) is 10.8 Å². The Morgan fingerprint density at radius 2 is 2.05 bits per heavy atom. The van der Waals surface area contributed by atoms with Crippen LogP contribution in [0.2, 0.25) is 0 Å². The zero-order chi connectivity index (χ0) is 14.6. The zero-order valence-electron chi connectivity index (χ0n) is 11.5. The van der Waals surface area contributed by atoms with Crippen LogP contribution in [0.3, 0.4) is 0 Å². The van der Waals surface area contributed by atoms with Crippen LogP contribution < -0.4 is 5.32 Å². The number of carbonyl (C=O) groups is 1. The lowest BCUT2D eigenvalue weighted by molar-refractivity contribution is 0.0958. The molecule has 0 spiro atoms. The minimum atomic E-state index is -0.502. The second-order valence-corrected chi connectivity index (χ2v) is 4.93. The van der Waals surface area contributed by atoms with Crippen molar-refractivity contribution >= 4 is 18.0 Å². The second-order valence-electron chi connectivity index (χ2n) is 4.93. The van der Waals surface area contributed by atoms with E-state index in [0.29, 0.717) is 11.3 Å². The summed E-state index contributed by atoms with van der Waals surface area (Å²) in [6.45, 7) is 5.50. The van der Waals surface area contributed by atoms with Gasteiger partial charge in [-0.1, -0.05) is 0 Å². The van der Waals surface area contributed by atoms with Gasteiger partial charge in [-0.3, -0.25) is 10.2 Å². The molecule has 1 heterocycles. The molecule has 1 aromatic heterocycles. The highest BCUT2D eigenvalue weighted by molar-refractivity contribution is 5.98. The van der Waals surface area contributed by atoms with Gasteiger partial charge in [0.05, 0.1) is 5.69 Å². The van der Waals surface area contributed by atoms with Gasteiger partial charge < -0.3 is 15.5 Å². The summed E-state index contributed by atoms with van der Waals surface area (Å²) in [5.41, 5.74) is 0.374. The molecule has 102 valence electrons. The molecule has 6 nitrogen and oxygen atoms in total. The Bertz CT molecular complexity index is 518. The zero-order valence-corrected chi connectivity index (χ0v) is 11.5. The fourth-order valence-electron chi connectivity index (χ4n) is 1.37. The Hall–Kier alpha value is -2.24. The number of nitrogens with zero attached hydrogens (tertiary/aromatic N) is 1. The van der Waals surface area contributed by atoms with Crippen LogP contribution in [0.5, 0.6) is 0 Å². The molecule has 0 aliphatic rings. The lowest BCUT2D eigenvalue weighted by Crippen LogP contribution is -2.25. The third-order valence-corrected chi connectivity index (χ3v) is 2.12. The number of carbonyl (C=O) groups excluding carboxylic acids is 1. The topological polar surface area (TPSA) is 98.9 Å². The average Bonchev–Trinajstić information content (AvgIpc) is 2.35. The standard InChI is InChI=1S/C13H18N4O2/c1-13(2,3)19-11(15)8-5-9(7-14)17-10(6-8)12(18)16-4/h5-7,14-15H,1-4H3,(H,16,18). The summed E-state index contributed by atoms with van der Waals surface area (Å²) in [5.74, 6) is -0.420. The summed E-state index contributed by atoms with van der Waals surface area (Å²) in [7, 11) is 1.50. The normalized spacial score (nSPS) is 10.7. The van der Waals surface area contributed by atoms with Crippen LogP contribution in [0.1, 0.15) is 42.5 Å². The summed E-state index contributed by atoms with van der Waals surface area (Å²) in [5, 5.41) is 17.6. The van der Waals surface area contributed by atoms with Crippen molar-refractivity contribution in [2.45, 2.75) is 26.4 Å². The van der Waals surface area contributed by atoms with Crippen molar-refractivity contribution in [1.82, 2.24) is 10.3 Å². The first-order valence-electron chi connectivity index (χ1n) is 5.79. The largest absolute Gasteiger partial charge is 0.472 e. The van der Waals surface area contributed by atoms with E-state index in [0.717, 1.165) is 6.21 Å². The molecular formula is C13H18N4O2. The van der Waals surface area contributed by atoms with Gasteiger partial charge in [-0.05, 0) is 32.9 Å². The Morgan fingerprint density at radius 1 is 1.42 bits per heavy atom. The molecule has 0 aromatic carbocycles. The number of aromatic nitrogens is 1. The molecule has 0 bridgehead atoms. The van der Waals surface area contributed by atoms with Crippen molar-refractivity contribution in [3.05, 3.63) is 29.1 Å². The van der Waals surface area contributed by atoms with Crippen LogP contribution in [-0.4, -0.2) is 35.7 Å². The number of ether oxygens (including phenoxy) is 1. The Balaban J connectivity index is 3.17. The molecule has 19 heavy (non-hydrogen) atoms. The Morgan fingerprint density at radius 3 is 2.53 bits per heavy atom.